The molecule has 33 heavy (non-hydrogen) atoms. The van der Waals surface area contributed by atoms with Crippen molar-refractivity contribution in [3.63, 3.8) is 0 Å². The van der Waals surface area contributed by atoms with Crippen molar-refractivity contribution in [3.05, 3.63) is 59.0 Å². The second kappa shape index (κ2) is 8.86. The molecule has 1 aliphatic heterocycles. The molecule has 2 aromatic carbocycles. The summed E-state index contributed by atoms with van der Waals surface area (Å²) in [6.07, 6.45) is 0. The highest BCUT2D eigenvalue weighted by atomic mass is 32.1. The van der Waals surface area contributed by atoms with Crippen molar-refractivity contribution in [2.75, 3.05) is 23.7 Å². The molecule has 1 aromatic heterocycles. The number of carbonyl (C=O) groups excluding carboxylic acids is 3. The number of nitrogens with one attached hydrogen (secondary N) is 3. The first-order valence-electron chi connectivity index (χ1n) is 10.9. The van der Waals surface area contributed by atoms with Crippen LogP contribution in [0.3, 0.4) is 0 Å². The lowest BCUT2D eigenvalue weighted by Gasteiger charge is -2.32. The van der Waals surface area contributed by atoms with Gasteiger partial charge in [0.05, 0.1) is 5.56 Å². The van der Waals surface area contributed by atoms with Crippen molar-refractivity contribution in [2.24, 2.45) is 0 Å². The molecule has 1 saturated heterocycles. The minimum absolute atomic E-state index is 0.176. The van der Waals surface area contributed by atoms with Gasteiger partial charge in [0.15, 0.2) is 0 Å². The molecule has 0 saturated carbocycles. The van der Waals surface area contributed by atoms with Gasteiger partial charge in [-0.05, 0) is 41.3 Å². The third kappa shape index (κ3) is 4.85. The Morgan fingerprint density at radius 3 is 2.52 bits per heavy atom. The van der Waals surface area contributed by atoms with E-state index in [1.165, 1.54) is 11.3 Å². The zero-order chi connectivity index (χ0) is 23.8. The van der Waals surface area contributed by atoms with Crippen LogP contribution in [0.1, 0.15) is 42.9 Å². The van der Waals surface area contributed by atoms with Gasteiger partial charge in [0.1, 0.15) is 11.0 Å². The summed E-state index contributed by atoms with van der Waals surface area (Å²) in [5.74, 6) is -0.436. The number of amides is 4. The second-order valence-electron chi connectivity index (χ2n) is 9.21. The lowest BCUT2D eigenvalue weighted by Crippen LogP contribution is -2.55. The van der Waals surface area contributed by atoms with Crippen molar-refractivity contribution in [1.82, 2.24) is 10.2 Å². The lowest BCUT2D eigenvalue weighted by atomic mass is 9.94. The lowest BCUT2D eigenvalue weighted by molar-refractivity contribution is -0.127. The Bertz CT molecular complexity index is 1230. The molecule has 1 fully saturated rings. The summed E-state index contributed by atoms with van der Waals surface area (Å²) in [6, 6.07) is 14.5. The normalized spacial score (nSPS) is 16.4. The quantitative estimate of drug-likeness (QED) is 0.520. The predicted octanol–water partition coefficient (Wildman–Crippen LogP) is 4.80. The second-order valence-corrected chi connectivity index (χ2v) is 10.3. The van der Waals surface area contributed by atoms with Crippen LogP contribution in [0.15, 0.2) is 48.5 Å². The zero-order valence-corrected chi connectivity index (χ0v) is 20.0. The largest absolute Gasteiger partial charge is 0.353 e. The van der Waals surface area contributed by atoms with Crippen LogP contribution in [-0.2, 0) is 10.2 Å². The van der Waals surface area contributed by atoms with Gasteiger partial charge in [-0.2, -0.15) is 0 Å². The minimum atomic E-state index is -0.566. The minimum Gasteiger partial charge on any atom is -0.353 e. The topological polar surface area (TPSA) is 90.5 Å². The Kier molecular flexibility index (Phi) is 6.12. The molecule has 1 atom stereocenters. The van der Waals surface area contributed by atoms with Crippen LogP contribution in [0.5, 0.6) is 0 Å². The number of hydrogen-bond acceptors (Lipinski definition) is 4. The third-order valence-corrected chi connectivity index (χ3v) is 7.17. The predicted molar refractivity (Wildman–Crippen MR) is 133 cm³/mol. The Balaban J connectivity index is 1.59. The molecule has 4 rings (SSSR count). The number of rotatable bonds is 3. The fraction of sp³-hybridized carbons (Fsp3) is 0.320. The van der Waals surface area contributed by atoms with Crippen LogP contribution < -0.4 is 16.0 Å². The van der Waals surface area contributed by atoms with Crippen LogP contribution in [0.4, 0.5) is 15.5 Å². The smallest absolute Gasteiger partial charge is 0.324 e. The summed E-state index contributed by atoms with van der Waals surface area (Å²) in [5, 5.41) is 11.1. The van der Waals surface area contributed by atoms with E-state index in [0.29, 0.717) is 29.3 Å². The molecule has 7 nitrogen and oxygen atoms in total. The molecule has 4 amide bonds. The van der Waals surface area contributed by atoms with Crippen LogP contribution in [-0.4, -0.2) is 41.9 Å². The van der Waals surface area contributed by atoms with E-state index in [-0.39, 0.29) is 17.2 Å². The molecule has 1 unspecified atom stereocenters. The van der Waals surface area contributed by atoms with Gasteiger partial charge in [0.2, 0.25) is 5.91 Å². The molecule has 0 radical (unpaired) electrons. The van der Waals surface area contributed by atoms with Gasteiger partial charge >= 0.3 is 6.03 Å². The van der Waals surface area contributed by atoms with Crippen molar-refractivity contribution < 1.29 is 14.4 Å². The summed E-state index contributed by atoms with van der Waals surface area (Å²) in [5.41, 5.74) is 0.868. The molecule has 1 aliphatic rings. The van der Waals surface area contributed by atoms with E-state index < -0.39 is 12.1 Å². The summed E-state index contributed by atoms with van der Waals surface area (Å²) in [7, 11) is 0. The number of anilines is 2. The number of benzene rings is 2. The Hall–Kier alpha value is -3.39. The molecular formula is C25H28N4O3S. The maximum absolute atomic E-state index is 13.4. The number of carbonyl (C=O) groups is 3. The Morgan fingerprint density at radius 1 is 1.06 bits per heavy atom. The molecule has 2 heterocycles. The number of nitrogens with zero attached hydrogens (tertiary/aromatic N) is 1. The number of thiophene rings is 1. The fourth-order valence-corrected chi connectivity index (χ4v) is 4.86. The Morgan fingerprint density at radius 2 is 1.79 bits per heavy atom. The molecular weight excluding hydrogens is 436 g/mol. The van der Waals surface area contributed by atoms with Gasteiger partial charge in [-0.1, -0.05) is 51.1 Å². The van der Waals surface area contributed by atoms with E-state index in [1.54, 1.807) is 11.8 Å². The molecule has 0 bridgehead atoms. The van der Waals surface area contributed by atoms with E-state index in [0.717, 1.165) is 15.6 Å². The van der Waals surface area contributed by atoms with Crippen molar-refractivity contribution >= 4 is 50.6 Å². The first kappa shape index (κ1) is 22.8. The van der Waals surface area contributed by atoms with E-state index >= 15 is 0 Å². The number of hydrogen-bond donors (Lipinski definition) is 3. The molecule has 0 aliphatic carbocycles. The van der Waals surface area contributed by atoms with Gasteiger partial charge in [0.25, 0.3) is 5.91 Å². The standard InChI is InChI=1S/C25H28N4O3S/c1-15-21(30)26-11-12-29(15)23(31)19-14-20(25(2,3)4)33-22(19)28-24(32)27-18-10-9-16-7-5-6-8-17(16)13-18/h5-10,13-15H,11-12H2,1-4H3,(H,26,30)(H2,27,28,32). The SMILES string of the molecule is CC1C(=O)NCCN1C(=O)c1cc(C(C)(C)C)sc1NC(=O)Nc1ccc2ccccc2c1. The zero-order valence-electron chi connectivity index (χ0n) is 19.2. The van der Waals surface area contributed by atoms with Gasteiger partial charge in [-0.3, -0.25) is 14.9 Å². The average molecular weight is 465 g/mol. The molecule has 3 aromatic rings. The number of fused-ring (bicyclic) bond motifs is 1. The summed E-state index contributed by atoms with van der Waals surface area (Å²) in [6.45, 7) is 8.73. The van der Waals surface area contributed by atoms with E-state index in [4.69, 9.17) is 0 Å². The summed E-state index contributed by atoms with van der Waals surface area (Å²) in [4.78, 5) is 40.8. The van der Waals surface area contributed by atoms with Crippen molar-refractivity contribution in [1.29, 1.82) is 0 Å². The highest BCUT2D eigenvalue weighted by Crippen LogP contribution is 2.37. The molecule has 0 spiro atoms. The van der Waals surface area contributed by atoms with Crippen molar-refractivity contribution in [3.8, 4) is 0 Å². The Labute approximate surface area is 197 Å². The number of urea groups is 1. The summed E-state index contributed by atoms with van der Waals surface area (Å²) < 4.78 is 0. The third-order valence-electron chi connectivity index (χ3n) is 5.70. The van der Waals surface area contributed by atoms with Gasteiger partial charge in [-0.15, -0.1) is 11.3 Å². The maximum atomic E-state index is 13.4. The van der Waals surface area contributed by atoms with Gasteiger partial charge < -0.3 is 15.5 Å². The first-order chi connectivity index (χ1) is 15.6. The first-order valence-corrected chi connectivity index (χ1v) is 11.7. The van der Waals surface area contributed by atoms with E-state index in [9.17, 15) is 14.4 Å². The number of piperazine rings is 1. The van der Waals surface area contributed by atoms with Crippen molar-refractivity contribution in [2.45, 2.75) is 39.2 Å². The van der Waals surface area contributed by atoms with Crippen LogP contribution in [0.25, 0.3) is 10.8 Å². The van der Waals surface area contributed by atoms with Gasteiger partial charge in [-0.25, -0.2) is 4.79 Å². The maximum Gasteiger partial charge on any atom is 0.324 e. The van der Waals surface area contributed by atoms with E-state index in [2.05, 4.69) is 36.7 Å². The monoisotopic (exact) mass is 464 g/mol. The average Bonchev–Trinajstić information content (AvgIpc) is 3.19. The van der Waals surface area contributed by atoms with Crippen LogP contribution in [0.2, 0.25) is 0 Å². The van der Waals surface area contributed by atoms with E-state index in [1.807, 2.05) is 48.5 Å². The van der Waals surface area contributed by atoms with Gasteiger partial charge in [0, 0.05) is 23.7 Å². The molecule has 8 heteroatoms. The fourth-order valence-electron chi connectivity index (χ4n) is 3.76. The highest BCUT2D eigenvalue weighted by Gasteiger charge is 2.33. The molecule has 3 N–H and O–H groups in total. The van der Waals surface area contributed by atoms with Crippen LogP contribution >= 0.6 is 11.3 Å². The summed E-state index contributed by atoms with van der Waals surface area (Å²) >= 11 is 1.38. The highest BCUT2D eigenvalue weighted by molar-refractivity contribution is 7.16. The van der Waals surface area contributed by atoms with Crippen LogP contribution in [0, 0.1) is 0 Å². The molecule has 172 valence electrons.